The normalized spacial score (nSPS) is 20.3. The Kier molecular flexibility index (Phi) is 5.50. The Morgan fingerprint density at radius 3 is 2.79 bits per heavy atom. The van der Waals surface area contributed by atoms with Gasteiger partial charge in [0.1, 0.15) is 11.2 Å². The van der Waals surface area contributed by atoms with Gasteiger partial charge in [-0.1, -0.05) is 19.3 Å². The molecule has 8 heteroatoms. The number of morpholine rings is 1. The van der Waals surface area contributed by atoms with Gasteiger partial charge in [-0.2, -0.15) is 5.10 Å². The number of aromatic nitrogens is 3. The molecule has 1 saturated heterocycles. The number of ether oxygens (including phenoxy) is 1. The van der Waals surface area contributed by atoms with E-state index < -0.39 is 0 Å². The van der Waals surface area contributed by atoms with Crippen molar-refractivity contribution in [1.82, 2.24) is 25.0 Å². The lowest BCUT2D eigenvalue weighted by Crippen LogP contribution is -2.49. The van der Waals surface area contributed by atoms with Gasteiger partial charge in [-0.3, -0.25) is 19.2 Å². The van der Waals surface area contributed by atoms with Crippen molar-refractivity contribution >= 4 is 16.9 Å². The van der Waals surface area contributed by atoms with Crippen molar-refractivity contribution in [3.63, 3.8) is 0 Å². The van der Waals surface area contributed by atoms with E-state index in [1.165, 1.54) is 31.7 Å². The second kappa shape index (κ2) is 8.05. The van der Waals surface area contributed by atoms with Crippen molar-refractivity contribution in [2.75, 3.05) is 39.4 Å². The lowest BCUT2D eigenvalue weighted by molar-refractivity contribution is 0.00728. The monoisotopic (exact) mass is 387 g/mol. The number of H-pyrrole nitrogens is 1. The van der Waals surface area contributed by atoms with Gasteiger partial charge in [0.05, 0.1) is 24.8 Å². The minimum atomic E-state index is -0.307. The number of amides is 1. The second-order valence-corrected chi connectivity index (χ2v) is 8.19. The molecule has 3 heterocycles. The summed E-state index contributed by atoms with van der Waals surface area (Å²) in [6.07, 6.45) is 8.88. The molecular formula is C20H29N5O3. The van der Waals surface area contributed by atoms with Gasteiger partial charge in [-0.25, -0.2) is 0 Å². The van der Waals surface area contributed by atoms with Crippen LogP contribution in [-0.2, 0) is 11.8 Å². The van der Waals surface area contributed by atoms with E-state index in [4.69, 9.17) is 4.74 Å². The zero-order valence-electron chi connectivity index (χ0n) is 16.5. The molecule has 2 N–H and O–H groups in total. The Morgan fingerprint density at radius 2 is 2.04 bits per heavy atom. The van der Waals surface area contributed by atoms with Crippen molar-refractivity contribution in [1.29, 1.82) is 0 Å². The molecule has 2 fully saturated rings. The van der Waals surface area contributed by atoms with E-state index in [0.29, 0.717) is 17.6 Å². The molecule has 0 unspecified atom stereocenters. The average Bonchev–Trinajstić information content (AvgIpc) is 3.10. The zero-order chi connectivity index (χ0) is 19.6. The summed E-state index contributed by atoms with van der Waals surface area (Å²) in [6, 6.07) is 0. The number of fused-ring (bicyclic) bond motifs is 1. The Balaban J connectivity index is 1.48. The Morgan fingerprint density at radius 1 is 1.29 bits per heavy atom. The number of nitrogens with zero attached hydrogens (tertiary/aromatic N) is 3. The highest BCUT2D eigenvalue weighted by Crippen LogP contribution is 2.36. The zero-order valence-corrected chi connectivity index (χ0v) is 16.5. The van der Waals surface area contributed by atoms with E-state index in [1.54, 1.807) is 11.7 Å². The van der Waals surface area contributed by atoms with Gasteiger partial charge in [-0.05, 0) is 12.8 Å². The van der Waals surface area contributed by atoms with E-state index in [9.17, 15) is 9.59 Å². The number of aromatic amines is 1. The van der Waals surface area contributed by atoms with Crippen LogP contribution in [0.1, 0.15) is 42.5 Å². The molecule has 1 aliphatic carbocycles. The molecule has 8 nitrogen and oxygen atoms in total. The fraction of sp³-hybridized carbons (Fsp3) is 0.650. The first-order valence-electron chi connectivity index (χ1n) is 10.2. The van der Waals surface area contributed by atoms with E-state index in [-0.39, 0.29) is 22.3 Å². The number of rotatable bonds is 5. The van der Waals surface area contributed by atoms with E-state index in [1.807, 2.05) is 0 Å². The predicted octanol–water partition coefficient (Wildman–Crippen LogP) is 1.27. The summed E-state index contributed by atoms with van der Waals surface area (Å²) in [7, 11) is 1.76. The maximum Gasteiger partial charge on any atom is 0.256 e. The summed E-state index contributed by atoms with van der Waals surface area (Å²) in [4.78, 5) is 30.9. The standard InChI is InChI=1S/C20H29N5O3/c1-24-18-15(12-23-24)17(26)16(11-21-18)19(27)22-13-20(5-3-2-4-6-20)14-25-7-9-28-10-8-25/h11-12H,2-10,13-14H2,1H3,(H,21,26)(H,22,27). The largest absolute Gasteiger partial charge is 0.379 e. The number of nitrogens with one attached hydrogen (secondary N) is 2. The van der Waals surface area contributed by atoms with Crippen LogP contribution in [-0.4, -0.2) is 65.0 Å². The van der Waals surface area contributed by atoms with Gasteiger partial charge in [0.15, 0.2) is 0 Å². The summed E-state index contributed by atoms with van der Waals surface area (Å²) < 4.78 is 7.07. The molecule has 1 amide bonds. The quantitative estimate of drug-likeness (QED) is 0.806. The summed E-state index contributed by atoms with van der Waals surface area (Å²) in [5, 5.41) is 7.60. The third-order valence-corrected chi connectivity index (χ3v) is 6.23. The maximum absolute atomic E-state index is 12.8. The molecule has 0 bridgehead atoms. The summed E-state index contributed by atoms with van der Waals surface area (Å²) in [6.45, 7) is 5.05. The molecule has 28 heavy (non-hydrogen) atoms. The third-order valence-electron chi connectivity index (χ3n) is 6.23. The van der Waals surface area contributed by atoms with Gasteiger partial charge in [0.2, 0.25) is 5.43 Å². The molecule has 2 aromatic rings. The number of carbonyl (C=O) groups excluding carboxylic acids is 1. The fourth-order valence-electron chi connectivity index (χ4n) is 4.58. The molecule has 0 aromatic carbocycles. The van der Waals surface area contributed by atoms with Gasteiger partial charge in [0, 0.05) is 44.8 Å². The van der Waals surface area contributed by atoms with Crippen molar-refractivity contribution < 1.29 is 9.53 Å². The fourth-order valence-corrected chi connectivity index (χ4v) is 4.58. The minimum Gasteiger partial charge on any atom is -0.379 e. The van der Waals surface area contributed by atoms with Crippen LogP contribution in [0, 0.1) is 5.41 Å². The van der Waals surface area contributed by atoms with Gasteiger partial charge in [0.25, 0.3) is 5.91 Å². The average molecular weight is 387 g/mol. The third kappa shape index (κ3) is 3.84. The first-order chi connectivity index (χ1) is 13.6. The predicted molar refractivity (Wildman–Crippen MR) is 106 cm³/mol. The smallest absolute Gasteiger partial charge is 0.256 e. The lowest BCUT2D eigenvalue weighted by atomic mass is 9.73. The summed E-state index contributed by atoms with van der Waals surface area (Å²) in [5.41, 5.74) is 0.580. The molecule has 152 valence electrons. The molecule has 0 radical (unpaired) electrons. The highest BCUT2D eigenvalue weighted by molar-refractivity contribution is 5.96. The van der Waals surface area contributed by atoms with E-state index in [2.05, 4.69) is 20.3 Å². The summed E-state index contributed by atoms with van der Waals surface area (Å²) in [5.74, 6) is -0.307. The van der Waals surface area contributed by atoms with Crippen LogP contribution in [0.4, 0.5) is 0 Å². The number of hydrogen-bond acceptors (Lipinski definition) is 5. The molecule has 4 rings (SSSR count). The van der Waals surface area contributed by atoms with Crippen LogP contribution in [0.15, 0.2) is 17.2 Å². The van der Waals surface area contributed by atoms with Gasteiger partial charge >= 0.3 is 0 Å². The van der Waals surface area contributed by atoms with Crippen LogP contribution in [0.3, 0.4) is 0 Å². The van der Waals surface area contributed by atoms with Crippen molar-refractivity contribution in [3.05, 3.63) is 28.2 Å². The van der Waals surface area contributed by atoms with Gasteiger partial charge < -0.3 is 15.0 Å². The highest BCUT2D eigenvalue weighted by Gasteiger charge is 2.35. The van der Waals surface area contributed by atoms with Crippen LogP contribution in [0.25, 0.3) is 11.0 Å². The second-order valence-electron chi connectivity index (χ2n) is 8.19. The van der Waals surface area contributed by atoms with Crippen LogP contribution >= 0.6 is 0 Å². The molecule has 1 aliphatic heterocycles. The maximum atomic E-state index is 12.8. The number of carbonyl (C=O) groups is 1. The van der Waals surface area contributed by atoms with Crippen molar-refractivity contribution in [3.8, 4) is 0 Å². The SMILES string of the molecule is Cn1ncc2c(=O)c(C(=O)NCC3(CN4CCOCC4)CCCCC3)c[nH]c21. The molecular weight excluding hydrogens is 358 g/mol. The molecule has 2 aromatic heterocycles. The van der Waals surface area contributed by atoms with E-state index >= 15 is 0 Å². The number of aryl methyl sites for hydroxylation is 1. The Hall–Kier alpha value is -2.19. The highest BCUT2D eigenvalue weighted by atomic mass is 16.5. The Labute approximate surface area is 164 Å². The van der Waals surface area contributed by atoms with Crippen molar-refractivity contribution in [2.24, 2.45) is 12.5 Å². The van der Waals surface area contributed by atoms with Crippen molar-refractivity contribution in [2.45, 2.75) is 32.1 Å². The number of hydrogen-bond donors (Lipinski definition) is 2. The Bertz CT molecular complexity index is 891. The topological polar surface area (TPSA) is 92.2 Å². The van der Waals surface area contributed by atoms with Gasteiger partial charge in [-0.15, -0.1) is 0 Å². The van der Waals surface area contributed by atoms with Crippen LogP contribution in [0.5, 0.6) is 0 Å². The molecule has 0 atom stereocenters. The minimum absolute atomic E-state index is 0.0798. The first kappa shape index (κ1) is 19.1. The number of pyridine rings is 1. The lowest BCUT2D eigenvalue weighted by Gasteiger charge is -2.42. The van der Waals surface area contributed by atoms with E-state index in [0.717, 1.165) is 45.7 Å². The molecule has 1 saturated carbocycles. The summed E-state index contributed by atoms with van der Waals surface area (Å²) >= 11 is 0. The molecule has 2 aliphatic rings. The molecule has 0 spiro atoms. The van der Waals surface area contributed by atoms with Crippen LogP contribution in [0.2, 0.25) is 0 Å². The van der Waals surface area contributed by atoms with Crippen LogP contribution < -0.4 is 10.7 Å². The first-order valence-corrected chi connectivity index (χ1v) is 10.2.